The molecule has 0 heterocycles. The molecule has 2 aromatic rings. The third-order valence-electron chi connectivity index (χ3n) is 3.25. The van der Waals surface area contributed by atoms with Crippen LogP contribution in [0.25, 0.3) is 0 Å². The highest BCUT2D eigenvalue weighted by Crippen LogP contribution is 2.15. The lowest BCUT2D eigenvalue weighted by molar-refractivity contribution is 0.0933. The fourth-order valence-electron chi connectivity index (χ4n) is 2.17. The Morgan fingerprint density at radius 3 is 2.11 bits per heavy atom. The molecule has 2 heteroatoms. The monoisotopic (exact) mass is 253 g/mol. The van der Waals surface area contributed by atoms with E-state index in [2.05, 4.69) is 17.0 Å². The van der Waals surface area contributed by atoms with E-state index >= 15 is 0 Å². The van der Waals surface area contributed by atoms with Crippen LogP contribution in [0.1, 0.15) is 17.3 Å². The fraction of sp³-hybridized carbons (Fsp3) is 0.235. The van der Waals surface area contributed by atoms with Crippen molar-refractivity contribution >= 4 is 11.5 Å². The van der Waals surface area contributed by atoms with Crippen LogP contribution < -0.4 is 4.90 Å². The maximum Gasteiger partial charge on any atom is 0.167 e. The minimum Gasteiger partial charge on any atom is -0.374 e. The molecule has 2 rings (SSSR count). The second-order valence-corrected chi connectivity index (χ2v) is 4.85. The molecule has 0 saturated carbocycles. The van der Waals surface area contributed by atoms with Crippen LogP contribution in [0.5, 0.6) is 0 Å². The zero-order valence-electron chi connectivity index (χ0n) is 11.4. The number of carbonyl (C=O) groups is 1. The third-order valence-corrected chi connectivity index (χ3v) is 3.25. The number of hydrogen-bond acceptors (Lipinski definition) is 2. The highest BCUT2D eigenvalue weighted by Gasteiger charge is 2.16. The van der Waals surface area contributed by atoms with Gasteiger partial charge in [-0.1, -0.05) is 55.5 Å². The van der Waals surface area contributed by atoms with Crippen molar-refractivity contribution in [3.63, 3.8) is 0 Å². The van der Waals surface area contributed by atoms with Gasteiger partial charge in [-0.3, -0.25) is 4.79 Å². The standard InChI is InChI=1S/C17H19NO/c1-14(17(19)15-9-5-3-6-10-15)13-18(2)16-11-7-4-8-12-16/h3-12,14H,13H2,1-2H3. The number of hydrogen-bond donors (Lipinski definition) is 0. The van der Waals surface area contributed by atoms with Crippen molar-refractivity contribution in [2.75, 3.05) is 18.5 Å². The van der Waals surface area contributed by atoms with Crippen molar-refractivity contribution in [1.82, 2.24) is 0 Å². The molecule has 0 radical (unpaired) electrons. The average Bonchev–Trinajstić information content (AvgIpc) is 2.48. The van der Waals surface area contributed by atoms with Crippen LogP contribution in [0.3, 0.4) is 0 Å². The van der Waals surface area contributed by atoms with E-state index in [9.17, 15) is 4.79 Å². The van der Waals surface area contributed by atoms with E-state index in [0.717, 1.165) is 17.8 Å². The van der Waals surface area contributed by atoms with Crippen LogP contribution in [-0.2, 0) is 0 Å². The third kappa shape index (κ3) is 3.44. The SMILES string of the molecule is CC(CN(C)c1ccccc1)C(=O)c1ccccc1. The van der Waals surface area contributed by atoms with Gasteiger partial charge in [-0.05, 0) is 12.1 Å². The zero-order valence-corrected chi connectivity index (χ0v) is 11.4. The molecule has 2 nitrogen and oxygen atoms in total. The van der Waals surface area contributed by atoms with E-state index in [1.54, 1.807) is 0 Å². The van der Waals surface area contributed by atoms with Crippen molar-refractivity contribution in [2.24, 2.45) is 5.92 Å². The molecule has 98 valence electrons. The Hall–Kier alpha value is -2.09. The maximum absolute atomic E-state index is 12.3. The smallest absolute Gasteiger partial charge is 0.167 e. The lowest BCUT2D eigenvalue weighted by atomic mass is 9.99. The summed E-state index contributed by atoms with van der Waals surface area (Å²) in [4.78, 5) is 14.4. The number of nitrogens with zero attached hydrogens (tertiary/aromatic N) is 1. The molecule has 0 spiro atoms. The van der Waals surface area contributed by atoms with Gasteiger partial charge in [0.15, 0.2) is 5.78 Å². The lowest BCUT2D eigenvalue weighted by Crippen LogP contribution is -2.28. The van der Waals surface area contributed by atoms with E-state index in [4.69, 9.17) is 0 Å². The lowest BCUT2D eigenvalue weighted by Gasteiger charge is -2.22. The first-order valence-electron chi connectivity index (χ1n) is 6.54. The second-order valence-electron chi connectivity index (χ2n) is 4.85. The second kappa shape index (κ2) is 6.19. The molecule has 0 aliphatic rings. The van der Waals surface area contributed by atoms with Crippen LogP contribution in [0, 0.1) is 5.92 Å². The van der Waals surface area contributed by atoms with Crippen molar-refractivity contribution in [3.05, 3.63) is 66.2 Å². The fourth-order valence-corrected chi connectivity index (χ4v) is 2.17. The van der Waals surface area contributed by atoms with E-state index in [0.29, 0.717) is 0 Å². The molecular formula is C17H19NO. The molecule has 0 aliphatic carbocycles. The van der Waals surface area contributed by atoms with Gasteiger partial charge >= 0.3 is 0 Å². The van der Waals surface area contributed by atoms with Gasteiger partial charge in [-0.2, -0.15) is 0 Å². The first-order valence-corrected chi connectivity index (χ1v) is 6.54. The molecule has 1 atom stereocenters. The number of benzene rings is 2. The average molecular weight is 253 g/mol. The number of carbonyl (C=O) groups excluding carboxylic acids is 1. The first-order chi connectivity index (χ1) is 9.18. The quantitative estimate of drug-likeness (QED) is 0.758. The summed E-state index contributed by atoms with van der Waals surface area (Å²) < 4.78 is 0. The van der Waals surface area contributed by atoms with Crippen LogP contribution in [-0.4, -0.2) is 19.4 Å². The Morgan fingerprint density at radius 1 is 1.00 bits per heavy atom. The summed E-state index contributed by atoms with van der Waals surface area (Å²) in [6.45, 7) is 2.70. The van der Waals surface area contributed by atoms with Crippen molar-refractivity contribution < 1.29 is 4.79 Å². The van der Waals surface area contributed by atoms with Crippen molar-refractivity contribution in [1.29, 1.82) is 0 Å². The van der Waals surface area contributed by atoms with Crippen molar-refractivity contribution in [3.8, 4) is 0 Å². The van der Waals surface area contributed by atoms with Gasteiger partial charge in [0.2, 0.25) is 0 Å². The Balaban J connectivity index is 2.02. The van der Waals surface area contributed by atoms with Gasteiger partial charge in [0, 0.05) is 30.8 Å². The van der Waals surface area contributed by atoms with E-state index < -0.39 is 0 Å². The summed E-state index contributed by atoms with van der Waals surface area (Å²) in [5.74, 6) is 0.177. The van der Waals surface area contributed by atoms with E-state index in [1.807, 2.05) is 62.5 Å². The van der Waals surface area contributed by atoms with Gasteiger partial charge in [0.1, 0.15) is 0 Å². The summed E-state index contributed by atoms with van der Waals surface area (Å²) in [6, 6.07) is 19.6. The topological polar surface area (TPSA) is 20.3 Å². The van der Waals surface area contributed by atoms with Crippen LogP contribution in [0.4, 0.5) is 5.69 Å². The molecular weight excluding hydrogens is 234 g/mol. The van der Waals surface area contributed by atoms with Gasteiger partial charge in [-0.25, -0.2) is 0 Å². The molecule has 0 amide bonds. The van der Waals surface area contributed by atoms with E-state index in [-0.39, 0.29) is 11.7 Å². The molecule has 19 heavy (non-hydrogen) atoms. The summed E-state index contributed by atoms with van der Waals surface area (Å²) in [5.41, 5.74) is 1.92. The number of rotatable bonds is 5. The Labute approximate surface area is 114 Å². The van der Waals surface area contributed by atoms with Crippen LogP contribution in [0.15, 0.2) is 60.7 Å². The highest BCUT2D eigenvalue weighted by molar-refractivity contribution is 5.97. The molecule has 0 N–H and O–H groups in total. The number of anilines is 1. The summed E-state index contributed by atoms with van der Waals surface area (Å²) >= 11 is 0. The predicted molar refractivity (Wildman–Crippen MR) is 79.6 cm³/mol. The molecule has 0 aliphatic heterocycles. The maximum atomic E-state index is 12.3. The van der Waals surface area contributed by atoms with Gasteiger partial charge < -0.3 is 4.90 Å². The minimum atomic E-state index is -0.0207. The Kier molecular flexibility index (Phi) is 4.35. The summed E-state index contributed by atoms with van der Waals surface area (Å²) in [7, 11) is 2.02. The largest absolute Gasteiger partial charge is 0.374 e. The number of Topliss-reactive ketones (excluding diaryl/α,β-unsaturated/α-hetero) is 1. The van der Waals surface area contributed by atoms with Crippen molar-refractivity contribution in [2.45, 2.75) is 6.92 Å². The summed E-state index contributed by atoms with van der Waals surface area (Å²) in [6.07, 6.45) is 0. The highest BCUT2D eigenvalue weighted by atomic mass is 16.1. The van der Waals surface area contributed by atoms with E-state index in [1.165, 1.54) is 0 Å². The first kappa shape index (κ1) is 13.3. The molecule has 1 unspecified atom stereocenters. The molecule has 0 saturated heterocycles. The minimum absolute atomic E-state index is 0.0207. The van der Waals surface area contributed by atoms with Crippen LogP contribution in [0.2, 0.25) is 0 Å². The molecule has 2 aromatic carbocycles. The van der Waals surface area contributed by atoms with Gasteiger partial charge in [-0.15, -0.1) is 0 Å². The number of ketones is 1. The molecule has 0 fully saturated rings. The predicted octanol–water partition coefficient (Wildman–Crippen LogP) is 3.64. The Morgan fingerprint density at radius 2 is 1.53 bits per heavy atom. The van der Waals surface area contributed by atoms with Gasteiger partial charge in [0.25, 0.3) is 0 Å². The number of para-hydroxylation sites is 1. The van der Waals surface area contributed by atoms with Gasteiger partial charge in [0.05, 0.1) is 0 Å². The molecule has 0 bridgehead atoms. The Bertz CT molecular complexity index is 521. The normalized spacial score (nSPS) is 11.9. The van der Waals surface area contributed by atoms with Crippen LogP contribution >= 0.6 is 0 Å². The summed E-state index contributed by atoms with van der Waals surface area (Å²) in [5, 5.41) is 0. The molecule has 0 aromatic heterocycles. The zero-order chi connectivity index (χ0) is 13.7.